The molecule has 7 heteroatoms. The maximum Gasteiger partial charge on any atom is 0.272 e. The van der Waals surface area contributed by atoms with E-state index in [1.165, 1.54) is 0 Å². The number of hydrogen-bond donors (Lipinski definition) is 0. The van der Waals surface area contributed by atoms with Crippen LogP contribution in [0.2, 0.25) is 0 Å². The molecule has 7 nitrogen and oxygen atoms in total. The van der Waals surface area contributed by atoms with E-state index in [4.69, 9.17) is 0 Å². The van der Waals surface area contributed by atoms with E-state index in [2.05, 4.69) is 14.9 Å². The largest absolute Gasteiger partial charge is 0.353 e. The summed E-state index contributed by atoms with van der Waals surface area (Å²) in [6.07, 6.45) is 5.26. The first-order valence-corrected chi connectivity index (χ1v) is 11.3. The predicted octanol–water partition coefficient (Wildman–Crippen LogP) is 2.77. The number of aromatic nitrogens is 2. The average Bonchev–Trinajstić information content (AvgIpc) is 2.83. The highest BCUT2D eigenvalue weighted by Gasteiger charge is 2.27. The van der Waals surface area contributed by atoms with E-state index in [0.717, 1.165) is 70.0 Å². The Morgan fingerprint density at radius 3 is 2.58 bits per heavy atom. The molecule has 0 saturated carbocycles. The summed E-state index contributed by atoms with van der Waals surface area (Å²) in [6, 6.07) is 11.5. The Bertz CT molecular complexity index is 896. The number of rotatable bonds is 5. The van der Waals surface area contributed by atoms with Crippen molar-refractivity contribution in [2.24, 2.45) is 5.92 Å². The highest BCUT2D eigenvalue weighted by atomic mass is 16.2. The Morgan fingerprint density at radius 2 is 1.84 bits per heavy atom. The molecular weight excluding hydrogens is 390 g/mol. The molecule has 0 aromatic carbocycles. The molecule has 4 rings (SSSR count). The number of piperidine rings is 1. The minimum Gasteiger partial charge on any atom is -0.353 e. The van der Waals surface area contributed by atoms with Gasteiger partial charge in [-0.05, 0) is 56.4 Å². The lowest BCUT2D eigenvalue weighted by atomic mass is 9.93. The summed E-state index contributed by atoms with van der Waals surface area (Å²) in [7, 11) is 0. The molecule has 2 amide bonds. The molecule has 0 N–H and O–H groups in total. The van der Waals surface area contributed by atoms with Crippen LogP contribution in [0.3, 0.4) is 0 Å². The molecule has 0 aliphatic carbocycles. The summed E-state index contributed by atoms with van der Waals surface area (Å²) in [4.78, 5) is 40.5. The molecule has 4 heterocycles. The summed E-state index contributed by atoms with van der Waals surface area (Å²) in [5.41, 5.74) is 1.37. The van der Waals surface area contributed by atoms with Crippen LogP contribution in [-0.4, -0.2) is 70.9 Å². The summed E-state index contributed by atoms with van der Waals surface area (Å²) < 4.78 is 0. The molecule has 164 valence electrons. The third kappa shape index (κ3) is 5.40. The first-order chi connectivity index (χ1) is 15.1. The van der Waals surface area contributed by atoms with Crippen molar-refractivity contribution in [2.75, 3.05) is 44.2 Å². The van der Waals surface area contributed by atoms with Gasteiger partial charge in [-0.1, -0.05) is 12.1 Å². The summed E-state index contributed by atoms with van der Waals surface area (Å²) >= 11 is 0. The third-order valence-electron chi connectivity index (χ3n) is 6.29. The van der Waals surface area contributed by atoms with Gasteiger partial charge in [-0.2, -0.15) is 0 Å². The van der Waals surface area contributed by atoms with Crippen molar-refractivity contribution < 1.29 is 9.59 Å². The van der Waals surface area contributed by atoms with Gasteiger partial charge in [-0.3, -0.25) is 9.59 Å². The van der Waals surface area contributed by atoms with E-state index in [-0.39, 0.29) is 11.8 Å². The van der Waals surface area contributed by atoms with Crippen LogP contribution in [0.4, 0.5) is 5.82 Å². The molecule has 1 atom stereocenters. The molecule has 0 bridgehead atoms. The van der Waals surface area contributed by atoms with E-state index in [1.54, 1.807) is 12.3 Å². The van der Waals surface area contributed by atoms with E-state index >= 15 is 0 Å². The number of hydrogen-bond acceptors (Lipinski definition) is 5. The molecule has 0 spiro atoms. The number of carbonyl (C=O) groups is 2. The fourth-order valence-electron chi connectivity index (χ4n) is 4.52. The Morgan fingerprint density at radius 1 is 1.00 bits per heavy atom. The number of piperazine rings is 1. The minimum atomic E-state index is 0.00497. The molecule has 2 aromatic rings. The van der Waals surface area contributed by atoms with Gasteiger partial charge in [0.2, 0.25) is 5.91 Å². The summed E-state index contributed by atoms with van der Waals surface area (Å²) in [6.45, 7) is 6.50. The lowest BCUT2D eigenvalue weighted by Gasteiger charge is -2.36. The monoisotopic (exact) mass is 421 g/mol. The molecule has 2 aliphatic heterocycles. The zero-order valence-electron chi connectivity index (χ0n) is 18.2. The highest BCUT2D eigenvalue weighted by Crippen LogP contribution is 2.23. The van der Waals surface area contributed by atoms with Crippen LogP contribution in [0.25, 0.3) is 0 Å². The molecule has 2 fully saturated rings. The van der Waals surface area contributed by atoms with Crippen molar-refractivity contribution in [1.29, 1.82) is 0 Å². The Hall–Kier alpha value is -2.96. The molecule has 2 aromatic heterocycles. The van der Waals surface area contributed by atoms with Crippen LogP contribution in [0.5, 0.6) is 0 Å². The van der Waals surface area contributed by atoms with Crippen molar-refractivity contribution in [1.82, 2.24) is 19.8 Å². The van der Waals surface area contributed by atoms with Crippen LogP contribution in [-0.2, 0) is 4.79 Å². The van der Waals surface area contributed by atoms with Crippen molar-refractivity contribution in [3.8, 4) is 0 Å². The van der Waals surface area contributed by atoms with Gasteiger partial charge >= 0.3 is 0 Å². The zero-order chi connectivity index (χ0) is 21.6. The van der Waals surface area contributed by atoms with Crippen molar-refractivity contribution >= 4 is 17.6 Å². The lowest BCUT2D eigenvalue weighted by Crippen LogP contribution is -2.49. The number of anilines is 1. The van der Waals surface area contributed by atoms with Gasteiger partial charge in [0.1, 0.15) is 11.5 Å². The second-order valence-electron chi connectivity index (χ2n) is 8.52. The quantitative estimate of drug-likeness (QED) is 0.743. The van der Waals surface area contributed by atoms with E-state index in [1.807, 2.05) is 47.1 Å². The minimum absolute atomic E-state index is 0.00497. The molecule has 2 saturated heterocycles. The smallest absolute Gasteiger partial charge is 0.272 e. The van der Waals surface area contributed by atoms with Crippen LogP contribution in [0.1, 0.15) is 41.9 Å². The molecule has 2 aliphatic rings. The number of likely N-dealkylation sites (tertiary alicyclic amines) is 1. The van der Waals surface area contributed by atoms with E-state index < -0.39 is 0 Å². The fraction of sp³-hybridized carbons (Fsp3) is 0.500. The number of amides is 2. The first kappa shape index (κ1) is 21.3. The maximum absolute atomic E-state index is 12.8. The van der Waals surface area contributed by atoms with Crippen molar-refractivity contribution in [3.05, 3.63) is 54.0 Å². The third-order valence-corrected chi connectivity index (χ3v) is 6.29. The Balaban J connectivity index is 1.23. The average molecular weight is 422 g/mol. The van der Waals surface area contributed by atoms with E-state index in [9.17, 15) is 9.59 Å². The number of aryl methyl sites for hydroxylation is 1. The number of nitrogens with zero attached hydrogens (tertiary/aromatic N) is 5. The summed E-state index contributed by atoms with van der Waals surface area (Å²) in [5, 5.41) is 0. The lowest BCUT2D eigenvalue weighted by molar-refractivity contribution is -0.131. The van der Waals surface area contributed by atoms with Gasteiger partial charge in [-0.15, -0.1) is 0 Å². The van der Waals surface area contributed by atoms with Gasteiger partial charge in [0.05, 0.1) is 0 Å². The van der Waals surface area contributed by atoms with Gasteiger partial charge in [0.25, 0.3) is 5.91 Å². The Labute approximate surface area is 184 Å². The SMILES string of the molecule is Cc1cccc(C(=O)N2CCC[C@@H](CCC(=O)N3CCN(c4ccccn4)CC3)C2)n1. The zero-order valence-corrected chi connectivity index (χ0v) is 18.2. The fourth-order valence-corrected chi connectivity index (χ4v) is 4.52. The van der Waals surface area contributed by atoms with Gasteiger partial charge < -0.3 is 14.7 Å². The van der Waals surface area contributed by atoms with Crippen molar-refractivity contribution in [3.63, 3.8) is 0 Å². The van der Waals surface area contributed by atoms with E-state index in [0.29, 0.717) is 18.0 Å². The Kier molecular flexibility index (Phi) is 6.79. The van der Waals surface area contributed by atoms with Crippen LogP contribution >= 0.6 is 0 Å². The highest BCUT2D eigenvalue weighted by molar-refractivity contribution is 5.92. The predicted molar refractivity (Wildman–Crippen MR) is 120 cm³/mol. The van der Waals surface area contributed by atoms with Gasteiger partial charge in [0, 0.05) is 57.6 Å². The number of carbonyl (C=O) groups excluding carboxylic acids is 2. The molecule has 0 unspecified atom stereocenters. The van der Waals surface area contributed by atoms with Gasteiger partial charge in [0.15, 0.2) is 0 Å². The van der Waals surface area contributed by atoms with Crippen LogP contribution in [0, 0.1) is 12.8 Å². The standard InChI is InChI=1S/C24H31N5O2/c1-19-6-4-8-21(26-19)24(31)29-13-5-7-20(18-29)10-11-23(30)28-16-14-27(15-17-28)22-9-2-3-12-25-22/h2-4,6,8-9,12,20H,5,7,10-11,13-18H2,1H3/t20-/m0/s1. The maximum atomic E-state index is 12.8. The first-order valence-electron chi connectivity index (χ1n) is 11.3. The molecule has 0 radical (unpaired) electrons. The molecule has 31 heavy (non-hydrogen) atoms. The van der Waals surface area contributed by atoms with Crippen LogP contribution < -0.4 is 4.90 Å². The van der Waals surface area contributed by atoms with Crippen LogP contribution in [0.15, 0.2) is 42.6 Å². The normalized spacial score (nSPS) is 19.4. The topological polar surface area (TPSA) is 69.6 Å². The number of pyridine rings is 2. The second kappa shape index (κ2) is 9.90. The second-order valence-corrected chi connectivity index (χ2v) is 8.52. The summed E-state index contributed by atoms with van der Waals surface area (Å²) in [5.74, 6) is 1.58. The molecular formula is C24H31N5O2. The van der Waals surface area contributed by atoms with Crippen molar-refractivity contribution in [2.45, 2.75) is 32.6 Å². The van der Waals surface area contributed by atoms with Gasteiger partial charge in [-0.25, -0.2) is 9.97 Å².